The Kier molecular flexibility index (Phi) is 10.6. The lowest BCUT2D eigenvalue weighted by atomic mass is 9.88. The molecular formula is C23H44N2O5. The first-order valence-corrected chi connectivity index (χ1v) is 11.6. The topological polar surface area (TPSA) is 77.1 Å². The standard InChI is InChI=1S/C23H42N2O5.H2/c1-16(2)22(26)24-21(23(27)25-12-6-7-19(13-25)14-28-4)17(3)30-15-18-8-10-20(29-5)11-9-18;/h16-21H,6-15H2,1-5H3,(H,24,26);1H. The van der Waals surface area contributed by atoms with Gasteiger partial charge in [-0.3, -0.25) is 9.59 Å². The van der Waals surface area contributed by atoms with Crippen molar-refractivity contribution in [3.8, 4) is 0 Å². The molecule has 1 N–H and O–H groups in total. The van der Waals surface area contributed by atoms with Crippen LogP contribution in [0.2, 0.25) is 0 Å². The number of amides is 2. The highest BCUT2D eigenvalue weighted by Crippen LogP contribution is 2.26. The number of nitrogens with zero attached hydrogens (tertiary/aromatic N) is 1. The van der Waals surface area contributed by atoms with E-state index in [4.69, 9.17) is 14.2 Å². The molecular weight excluding hydrogens is 384 g/mol. The third kappa shape index (κ3) is 7.50. The van der Waals surface area contributed by atoms with Gasteiger partial charge in [0.25, 0.3) is 0 Å². The Balaban J connectivity index is 0.00000480. The molecule has 1 saturated carbocycles. The molecule has 0 aromatic heterocycles. The molecule has 0 radical (unpaired) electrons. The molecule has 0 bridgehead atoms. The van der Waals surface area contributed by atoms with Crippen LogP contribution < -0.4 is 5.32 Å². The summed E-state index contributed by atoms with van der Waals surface area (Å²) in [5.41, 5.74) is 0. The van der Waals surface area contributed by atoms with E-state index in [1.54, 1.807) is 14.2 Å². The van der Waals surface area contributed by atoms with E-state index in [0.717, 1.165) is 45.1 Å². The predicted molar refractivity (Wildman–Crippen MR) is 118 cm³/mol. The number of nitrogens with one attached hydrogen (secondary N) is 1. The van der Waals surface area contributed by atoms with Crippen molar-refractivity contribution in [1.29, 1.82) is 0 Å². The molecule has 2 amide bonds. The minimum Gasteiger partial charge on any atom is -0.384 e. The first-order chi connectivity index (χ1) is 14.3. The van der Waals surface area contributed by atoms with E-state index in [0.29, 0.717) is 37.7 Å². The molecule has 3 atom stereocenters. The monoisotopic (exact) mass is 428 g/mol. The summed E-state index contributed by atoms with van der Waals surface area (Å²) in [6.07, 6.45) is 6.28. The summed E-state index contributed by atoms with van der Waals surface area (Å²) in [6.45, 7) is 8.25. The molecule has 176 valence electrons. The molecule has 30 heavy (non-hydrogen) atoms. The van der Waals surface area contributed by atoms with E-state index in [-0.39, 0.29) is 25.3 Å². The summed E-state index contributed by atoms with van der Waals surface area (Å²) in [7, 11) is 3.47. The summed E-state index contributed by atoms with van der Waals surface area (Å²) in [5, 5.41) is 2.96. The summed E-state index contributed by atoms with van der Waals surface area (Å²) >= 11 is 0. The number of methoxy groups -OCH3 is 2. The van der Waals surface area contributed by atoms with Gasteiger partial charge in [-0.25, -0.2) is 0 Å². The summed E-state index contributed by atoms with van der Waals surface area (Å²) < 4.78 is 16.9. The van der Waals surface area contributed by atoms with Crippen molar-refractivity contribution in [3.63, 3.8) is 0 Å². The fourth-order valence-electron chi connectivity index (χ4n) is 4.45. The first kappa shape index (κ1) is 25.1. The number of rotatable bonds is 10. The molecule has 0 aromatic carbocycles. The minimum absolute atomic E-state index is 0. The zero-order chi connectivity index (χ0) is 22.1. The highest BCUT2D eigenvalue weighted by atomic mass is 16.5. The normalized spacial score (nSPS) is 27.0. The van der Waals surface area contributed by atoms with Crippen molar-refractivity contribution < 1.29 is 25.2 Å². The quantitative estimate of drug-likeness (QED) is 0.579. The predicted octanol–water partition coefficient (Wildman–Crippen LogP) is 2.87. The van der Waals surface area contributed by atoms with E-state index >= 15 is 0 Å². The zero-order valence-corrected chi connectivity index (χ0v) is 19.5. The largest absolute Gasteiger partial charge is 0.384 e. The van der Waals surface area contributed by atoms with E-state index in [1.165, 1.54) is 0 Å². The highest BCUT2D eigenvalue weighted by molar-refractivity contribution is 5.88. The molecule has 0 aromatic rings. The van der Waals surface area contributed by atoms with Crippen LogP contribution in [0.3, 0.4) is 0 Å². The van der Waals surface area contributed by atoms with Crippen molar-refractivity contribution in [1.82, 2.24) is 10.2 Å². The number of hydrogen-bond acceptors (Lipinski definition) is 5. The third-order valence-electron chi connectivity index (χ3n) is 6.51. The van der Waals surface area contributed by atoms with Gasteiger partial charge in [0, 0.05) is 41.3 Å². The molecule has 7 nitrogen and oxygen atoms in total. The molecule has 0 spiro atoms. The molecule has 2 fully saturated rings. The summed E-state index contributed by atoms with van der Waals surface area (Å²) in [6, 6.07) is -0.656. The van der Waals surface area contributed by atoms with Crippen LogP contribution in [0.25, 0.3) is 0 Å². The van der Waals surface area contributed by atoms with Crippen LogP contribution in [0.1, 0.15) is 60.7 Å². The molecule has 7 heteroatoms. The van der Waals surface area contributed by atoms with Crippen molar-refractivity contribution in [2.75, 3.05) is 40.5 Å². The molecule has 1 aliphatic carbocycles. The van der Waals surface area contributed by atoms with Crippen LogP contribution in [-0.2, 0) is 23.8 Å². The fourth-order valence-corrected chi connectivity index (χ4v) is 4.45. The number of carbonyl (C=O) groups excluding carboxylic acids is 2. The van der Waals surface area contributed by atoms with Crippen LogP contribution in [-0.4, -0.2) is 75.5 Å². The first-order valence-electron chi connectivity index (χ1n) is 11.6. The van der Waals surface area contributed by atoms with Gasteiger partial charge in [0.1, 0.15) is 6.04 Å². The number of ether oxygens (including phenoxy) is 3. The molecule has 1 aliphatic heterocycles. The van der Waals surface area contributed by atoms with Crippen molar-refractivity contribution in [2.45, 2.75) is 77.5 Å². The van der Waals surface area contributed by atoms with Gasteiger partial charge in [0.15, 0.2) is 0 Å². The Morgan fingerprint density at radius 2 is 1.73 bits per heavy atom. The van der Waals surface area contributed by atoms with Gasteiger partial charge in [-0.1, -0.05) is 13.8 Å². The number of piperidine rings is 1. The van der Waals surface area contributed by atoms with Gasteiger partial charge < -0.3 is 24.4 Å². The fraction of sp³-hybridized carbons (Fsp3) is 0.913. The van der Waals surface area contributed by atoms with Crippen molar-refractivity contribution in [3.05, 3.63) is 0 Å². The lowest BCUT2D eigenvalue weighted by molar-refractivity contribution is -0.143. The summed E-state index contributed by atoms with van der Waals surface area (Å²) in [4.78, 5) is 27.6. The highest BCUT2D eigenvalue weighted by Gasteiger charge is 2.35. The Morgan fingerprint density at radius 1 is 1.03 bits per heavy atom. The van der Waals surface area contributed by atoms with Crippen LogP contribution in [0.4, 0.5) is 0 Å². The van der Waals surface area contributed by atoms with Gasteiger partial charge in [-0.05, 0) is 57.3 Å². The third-order valence-corrected chi connectivity index (χ3v) is 6.51. The maximum atomic E-state index is 13.4. The lowest BCUT2D eigenvalue weighted by Crippen LogP contribution is -2.57. The van der Waals surface area contributed by atoms with Crippen molar-refractivity contribution in [2.24, 2.45) is 17.8 Å². The second kappa shape index (κ2) is 12.6. The van der Waals surface area contributed by atoms with Crippen LogP contribution in [0.5, 0.6) is 0 Å². The molecule has 3 unspecified atom stereocenters. The van der Waals surface area contributed by atoms with Gasteiger partial charge in [-0.2, -0.15) is 0 Å². The summed E-state index contributed by atoms with van der Waals surface area (Å²) in [5.74, 6) is 0.493. The van der Waals surface area contributed by atoms with Gasteiger partial charge in [-0.15, -0.1) is 0 Å². The number of likely N-dealkylation sites (tertiary alicyclic amines) is 1. The van der Waals surface area contributed by atoms with Gasteiger partial charge in [0.05, 0.1) is 18.8 Å². The number of hydrogen-bond donors (Lipinski definition) is 1. The maximum Gasteiger partial charge on any atom is 0.247 e. The Bertz CT molecular complexity index is 538. The SMILES string of the molecule is COCC1CCCN(C(=O)C(NC(=O)C(C)C)C(C)OCC2CCC(OC)CC2)C1.[HH]. The molecule has 2 aliphatic rings. The molecule has 1 heterocycles. The second-order valence-electron chi connectivity index (χ2n) is 9.31. The van der Waals surface area contributed by atoms with Crippen LogP contribution in [0.15, 0.2) is 0 Å². The van der Waals surface area contributed by atoms with Crippen LogP contribution >= 0.6 is 0 Å². The van der Waals surface area contributed by atoms with E-state index in [9.17, 15) is 9.59 Å². The van der Waals surface area contributed by atoms with Gasteiger partial charge in [0.2, 0.25) is 11.8 Å². The van der Waals surface area contributed by atoms with E-state index in [1.807, 2.05) is 25.7 Å². The average molecular weight is 429 g/mol. The van der Waals surface area contributed by atoms with Gasteiger partial charge >= 0.3 is 0 Å². The molecule has 1 saturated heterocycles. The van der Waals surface area contributed by atoms with E-state index < -0.39 is 6.04 Å². The average Bonchev–Trinajstić information content (AvgIpc) is 2.75. The maximum absolute atomic E-state index is 13.4. The minimum atomic E-state index is -0.656. The van der Waals surface area contributed by atoms with E-state index in [2.05, 4.69) is 5.32 Å². The lowest BCUT2D eigenvalue weighted by Gasteiger charge is -2.37. The Labute approximate surface area is 183 Å². The zero-order valence-electron chi connectivity index (χ0n) is 19.5. The Morgan fingerprint density at radius 3 is 2.33 bits per heavy atom. The second-order valence-corrected chi connectivity index (χ2v) is 9.31. The van der Waals surface area contributed by atoms with Crippen molar-refractivity contribution >= 4 is 11.8 Å². The smallest absolute Gasteiger partial charge is 0.247 e. The molecule has 2 rings (SSSR count). The number of carbonyl (C=O) groups is 2. The Hall–Kier alpha value is -1.18. The van der Waals surface area contributed by atoms with Crippen LogP contribution in [0, 0.1) is 17.8 Å².